The molecule has 3 aromatic rings. The minimum atomic E-state index is -0.753. The summed E-state index contributed by atoms with van der Waals surface area (Å²) in [5.41, 5.74) is 3.03. The molecule has 1 atom stereocenters. The van der Waals surface area contributed by atoms with Crippen molar-refractivity contribution in [2.24, 2.45) is 0 Å². The lowest BCUT2D eigenvalue weighted by atomic mass is 10.2. The van der Waals surface area contributed by atoms with E-state index in [0.29, 0.717) is 13.0 Å². The fourth-order valence-corrected chi connectivity index (χ4v) is 3.35. The minimum absolute atomic E-state index is 0.0785. The van der Waals surface area contributed by atoms with E-state index in [9.17, 15) is 9.18 Å². The van der Waals surface area contributed by atoms with Gasteiger partial charge in [-0.15, -0.1) is 11.3 Å². The molecule has 2 aromatic carbocycles. The van der Waals surface area contributed by atoms with E-state index in [1.165, 1.54) is 29.0 Å². The number of carbonyl (C=O) groups is 1. The number of thiazole rings is 1. The summed E-state index contributed by atoms with van der Waals surface area (Å²) in [6.07, 6.45) is -0.316. The van der Waals surface area contributed by atoms with E-state index in [1.54, 1.807) is 12.1 Å². The van der Waals surface area contributed by atoms with Crippen molar-refractivity contribution in [1.29, 1.82) is 0 Å². The van der Waals surface area contributed by atoms with Crippen molar-refractivity contribution in [2.45, 2.75) is 32.9 Å². The summed E-state index contributed by atoms with van der Waals surface area (Å²) in [6, 6.07) is 14.2. The summed E-state index contributed by atoms with van der Waals surface area (Å²) < 4.78 is 19.2. The molecule has 6 heteroatoms. The number of aryl methyl sites for hydroxylation is 1. The number of nitrogens with zero attached hydrogens (tertiary/aromatic N) is 1. The second kappa shape index (κ2) is 8.77. The molecule has 1 unspecified atom stereocenters. The maximum absolute atomic E-state index is 13.7. The van der Waals surface area contributed by atoms with Gasteiger partial charge in [-0.05, 0) is 25.5 Å². The van der Waals surface area contributed by atoms with Crippen LogP contribution in [0, 0.1) is 12.7 Å². The minimum Gasteiger partial charge on any atom is -0.478 e. The lowest BCUT2D eigenvalue weighted by Gasteiger charge is -2.17. The maximum Gasteiger partial charge on any atom is 0.261 e. The second-order valence-corrected chi connectivity index (χ2v) is 7.03. The monoisotopic (exact) mass is 384 g/mol. The van der Waals surface area contributed by atoms with E-state index >= 15 is 0 Å². The molecule has 0 aliphatic heterocycles. The van der Waals surface area contributed by atoms with Crippen LogP contribution in [0.15, 0.2) is 53.9 Å². The Morgan fingerprint density at radius 3 is 2.67 bits per heavy atom. The molecule has 0 aliphatic rings. The summed E-state index contributed by atoms with van der Waals surface area (Å²) in [5, 5.41) is 5.66. The highest BCUT2D eigenvalue weighted by Crippen LogP contribution is 2.24. The Kier molecular flexibility index (Phi) is 6.19. The van der Waals surface area contributed by atoms with Gasteiger partial charge in [-0.1, -0.05) is 48.9 Å². The van der Waals surface area contributed by atoms with Gasteiger partial charge in [0.05, 0.1) is 12.2 Å². The average molecular weight is 384 g/mol. The molecule has 0 fully saturated rings. The fourth-order valence-electron chi connectivity index (χ4n) is 2.52. The number of benzene rings is 2. The van der Waals surface area contributed by atoms with Crippen LogP contribution in [0.4, 0.5) is 4.39 Å². The molecule has 0 saturated carbocycles. The van der Waals surface area contributed by atoms with Crippen LogP contribution in [-0.2, 0) is 11.3 Å². The van der Waals surface area contributed by atoms with E-state index < -0.39 is 11.9 Å². The molecule has 4 nitrogen and oxygen atoms in total. The molecule has 0 radical (unpaired) electrons. The van der Waals surface area contributed by atoms with Crippen molar-refractivity contribution in [3.63, 3.8) is 0 Å². The third-order valence-electron chi connectivity index (χ3n) is 4.06. The third-order valence-corrected chi connectivity index (χ3v) is 5.00. The Labute approximate surface area is 162 Å². The summed E-state index contributed by atoms with van der Waals surface area (Å²) in [4.78, 5) is 17.0. The SMILES string of the molecule is CCC(Oc1ccccc1F)C(=O)NCc1csc(-c2ccc(C)cc2)n1. The smallest absolute Gasteiger partial charge is 0.261 e. The molecule has 1 heterocycles. The first-order valence-electron chi connectivity index (χ1n) is 8.77. The van der Waals surface area contributed by atoms with Gasteiger partial charge >= 0.3 is 0 Å². The third kappa shape index (κ3) is 4.92. The Morgan fingerprint density at radius 1 is 1.22 bits per heavy atom. The highest BCUT2D eigenvalue weighted by Gasteiger charge is 2.20. The zero-order chi connectivity index (χ0) is 19.2. The van der Waals surface area contributed by atoms with Gasteiger partial charge in [0.1, 0.15) is 5.01 Å². The van der Waals surface area contributed by atoms with Crippen LogP contribution in [0.3, 0.4) is 0 Å². The van der Waals surface area contributed by atoms with Crippen LogP contribution in [0.5, 0.6) is 5.75 Å². The van der Waals surface area contributed by atoms with Crippen molar-refractivity contribution in [1.82, 2.24) is 10.3 Å². The number of amides is 1. The highest BCUT2D eigenvalue weighted by atomic mass is 32.1. The molecule has 0 spiro atoms. The average Bonchev–Trinajstić information content (AvgIpc) is 3.15. The molecular formula is C21H21FN2O2S. The fraction of sp³-hybridized carbons (Fsp3) is 0.238. The first-order chi connectivity index (χ1) is 13.1. The molecule has 0 aliphatic carbocycles. The standard InChI is InChI=1S/C21H21FN2O2S/c1-3-18(26-19-7-5-4-6-17(19)22)20(25)23-12-16-13-27-21(24-16)15-10-8-14(2)9-11-15/h4-11,13,18H,3,12H2,1-2H3,(H,23,25). The van der Waals surface area contributed by atoms with Gasteiger partial charge in [0, 0.05) is 10.9 Å². The van der Waals surface area contributed by atoms with Crippen molar-refractivity contribution >= 4 is 17.2 Å². The van der Waals surface area contributed by atoms with E-state index in [1.807, 2.05) is 43.5 Å². The zero-order valence-electron chi connectivity index (χ0n) is 15.2. The quantitative estimate of drug-likeness (QED) is 0.641. The Hall–Kier alpha value is -2.73. The number of hydrogen-bond acceptors (Lipinski definition) is 4. The number of aromatic nitrogens is 1. The Morgan fingerprint density at radius 2 is 1.96 bits per heavy atom. The van der Waals surface area contributed by atoms with Gasteiger partial charge in [-0.3, -0.25) is 4.79 Å². The van der Waals surface area contributed by atoms with Crippen LogP contribution >= 0.6 is 11.3 Å². The van der Waals surface area contributed by atoms with Crippen molar-refractivity contribution in [3.8, 4) is 16.3 Å². The van der Waals surface area contributed by atoms with Gasteiger partial charge in [-0.25, -0.2) is 9.37 Å². The maximum atomic E-state index is 13.7. The van der Waals surface area contributed by atoms with Crippen LogP contribution in [-0.4, -0.2) is 17.0 Å². The number of hydrogen-bond donors (Lipinski definition) is 1. The van der Waals surface area contributed by atoms with Gasteiger partial charge in [0.15, 0.2) is 17.7 Å². The highest BCUT2D eigenvalue weighted by molar-refractivity contribution is 7.13. The van der Waals surface area contributed by atoms with Crippen molar-refractivity contribution < 1.29 is 13.9 Å². The lowest BCUT2D eigenvalue weighted by Crippen LogP contribution is -2.37. The molecule has 0 bridgehead atoms. The van der Waals surface area contributed by atoms with Crippen molar-refractivity contribution in [3.05, 3.63) is 71.0 Å². The second-order valence-electron chi connectivity index (χ2n) is 6.17. The summed E-state index contributed by atoms with van der Waals surface area (Å²) in [5.74, 6) is -0.688. The van der Waals surface area contributed by atoms with Crippen LogP contribution in [0.2, 0.25) is 0 Å². The number of halogens is 1. The zero-order valence-corrected chi connectivity index (χ0v) is 16.1. The van der Waals surface area contributed by atoms with Crippen LogP contribution < -0.4 is 10.1 Å². The lowest BCUT2D eigenvalue weighted by molar-refractivity contribution is -0.128. The molecular weight excluding hydrogens is 363 g/mol. The van der Waals surface area contributed by atoms with Gasteiger partial charge < -0.3 is 10.1 Å². The van der Waals surface area contributed by atoms with E-state index in [2.05, 4.69) is 10.3 Å². The molecule has 1 N–H and O–H groups in total. The number of nitrogens with one attached hydrogen (secondary N) is 1. The first kappa shape index (κ1) is 19.0. The molecule has 0 saturated heterocycles. The molecule has 140 valence electrons. The summed E-state index contributed by atoms with van der Waals surface area (Å²) >= 11 is 1.54. The van der Waals surface area contributed by atoms with Gasteiger partial charge in [0.2, 0.25) is 0 Å². The molecule has 1 amide bonds. The van der Waals surface area contributed by atoms with Crippen LogP contribution in [0.25, 0.3) is 10.6 Å². The number of carbonyl (C=O) groups excluding carboxylic acids is 1. The number of rotatable bonds is 7. The largest absolute Gasteiger partial charge is 0.478 e. The van der Waals surface area contributed by atoms with Gasteiger partial charge in [0.25, 0.3) is 5.91 Å². The molecule has 1 aromatic heterocycles. The van der Waals surface area contributed by atoms with Gasteiger partial charge in [-0.2, -0.15) is 0 Å². The molecule has 27 heavy (non-hydrogen) atoms. The molecule has 3 rings (SSSR count). The number of ether oxygens (including phenoxy) is 1. The topological polar surface area (TPSA) is 51.2 Å². The van der Waals surface area contributed by atoms with E-state index in [4.69, 9.17) is 4.74 Å². The normalized spacial score (nSPS) is 11.8. The number of para-hydroxylation sites is 1. The first-order valence-corrected chi connectivity index (χ1v) is 9.65. The Bertz CT molecular complexity index is 909. The Balaban J connectivity index is 1.59. The van der Waals surface area contributed by atoms with E-state index in [-0.39, 0.29) is 11.7 Å². The van der Waals surface area contributed by atoms with Crippen LogP contribution in [0.1, 0.15) is 24.6 Å². The summed E-state index contributed by atoms with van der Waals surface area (Å²) in [7, 11) is 0. The van der Waals surface area contributed by atoms with Crippen molar-refractivity contribution in [2.75, 3.05) is 0 Å². The summed E-state index contributed by atoms with van der Waals surface area (Å²) in [6.45, 7) is 4.17. The van der Waals surface area contributed by atoms with E-state index in [0.717, 1.165) is 16.3 Å². The predicted molar refractivity (Wildman–Crippen MR) is 105 cm³/mol. The predicted octanol–water partition coefficient (Wildman–Crippen LogP) is 4.73.